The van der Waals surface area contributed by atoms with Gasteiger partial charge in [-0.05, 0) is 24.6 Å². The standard InChI is InChI=1S/C11H9Cl2NOS/c1-6-2-3-14-5-8(6)10(15)7-4-9(12)16-11(7)13/h2-5,10,15H,1H3. The number of thiophene rings is 1. The lowest BCUT2D eigenvalue weighted by atomic mass is 10.0. The Morgan fingerprint density at radius 2 is 2.12 bits per heavy atom. The van der Waals surface area contributed by atoms with Crippen LogP contribution in [-0.2, 0) is 0 Å². The lowest BCUT2D eigenvalue weighted by molar-refractivity contribution is 0.219. The molecule has 0 saturated carbocycles. The molecular weight excluding hydrogens is 265 g/mol. The maximum atomic E-state index is 10.2. The molecule has 1 N–H and O–H groups in total. The number of hydrogen-bond acceptors (Lipinski definition) is 3. The first-order valence-corrected chi connectivity index (χ1v) is 6.20. The van der Waals surface area contributed by atoms with Crippen LogP contribution in [0, 0.1) is 6.92 Å². The van der Waals surface area contributed by atoms with Gasteiger partial charge in [0.25, 0.3) is 0 Å². The van der Waals surface area contributed by atoms with Crippen molar-refractivity contribution in [1.29, 1.82) is 0 Å². The van der Waals surface area contributed by atoms with E-state index in [1.54, 1.807) is 18.5 Å². The second kappa shape index (κ2) is 4.72. The number of hydrogen-bond donors (Lipinski definition) is 1. The van der Waals surface area contributed by atoms with E-state index in [4.69, 9.17) is 23.2 Å². The highest BCUT2D eigenvalue weighted by Crippen LogP contribution is 2.37. The molecule has 2 nitrogen and oxygen atoms in total. The molecule has 0 saturated heterocycles. The monoisotopic (exact) mass is 273 g/mol. The molecule has 0 aliphatic rings. The first kappa shape index (κ1) is 11.9. The normalized spacial score (nSPS) is 12.8. The third kappa shape index (κ3) is 2.23. The van der Waals surface area contributed by atoms with Gasteiger partial charge >= 0.3 is 0 Å². The first-order chi connectivity index (χ1) is 7.59. The molecule has 1 atom stereocenters. The van der Waals surface area contributed by atoms with Crippen molar-refractivity contribution in [2.75, 3.05) is 0 Å². The van der Waals surface area contributed by atoms with Crippen LogP contribution in [-0.4, -0.2) is 10.1 Å². The van der Waals surface area contributed by atoms with Gasteiger partial charge in [-0.15, -0.1) is 11.3 Å². The summed E-state index contributed by atoms with van der Waals surface area (Å²) in [6.07, 6.45) is 2.56. The lowest BCUT2D eigenvalue weighted by Crippen LogP contribution is -2.01. The summed E-state index contributed by atoms with van der Waals surface area (Å²) in [4.78, 5) is 4.00. The van der Waals surface area contributed by atoms with Crippen molar-refractivity contribution in [2.45, 2.75) is 13.0 Å². The zero-order valence-corrected chi connectivity index (χ0v) is 10.8. The molecule has 84 valence electrons. The summed E-state index contributed by atoms with van der Waals surface area (Å²) < 4.78 is 1.08. The number of aliphatic hydroxyl groups is 1. The van der Waals surface area contributed by atoms with Crippen LogP contribution in [0.25, 0.3) is 0 Å². The molecule has 0 radical (unpaired) electrons. The van der Waals surface area contributed by atoms with Crippen molar-refractivity contribution in [3.63, 3.8) is 0 Å². The number of nitrogens with zero attached hydrogens (tertiary/aromatic N) is 1. The molecule has 0 amide bonds. The Morgan fingerprint density at radius 3 is 2.69 bits per heavy atom. The fraction of sp³-hybridized carbons (Fsp3) is 0.182. The summed E-state index contributed by atoms with van der Waals surface area (Å²) in [5, 5.41) is 10.2. The highest BCUT2D eigenvalue weighted by molar-refractivity contribution is 7.20. The molecule has 0 aliphatic carbocycles. The molecule has 2 aromatic rings. The molecule has 2 rings (SSSR count). The van der Waals surface area contributed by atoms with E-state index >= 15 is 0 Å². The molecule has 16 heavy (non-hydrogen) atoms. The average Bonchev–Trinajstić information content (AvgIpc) is 2.58. The Kier molecular flexibility index (Phi) is 3.50. The Hall–Kier alpha value is -0.610. The Morgan fingerprint density at radius 1 is 1.38 bits per heavy atom. The second-order valence-electron chi connectivity index (χ2n) is 3.41. The van der Waals surface area contributed by atoms with Gasteiger partial charge in [0.2, 0.25) is 0 Å². The summed E-state index contributed by atoms with van der Waals surface area (Å²) in [5.41, 5.74) is 2.35. The number of aliphatic hydroxyl groups excluding tert-OH is 1. The van der Waals surface area contributed by atoms with Crippen molar-refractivity contribution in [3.8, 4) is 0 Å². The number of aryl methyl sites for hydroxylation is 1. The summed E-state index contributed by atoms with van der Waals surface area (Å²) >= 11 is 13.1. The summed E-state index contributed by atoms with van der Waals surface area (Å²) in [5.74, 6) is 0. The van der Waals surface area contributed by atoms with Crippen LogP contribution in [0.2, 0.25) is 8.67 Å². The SMILES string of the molecule is Cc1ccncc1C(O)c1cc(Cl)sc1Cl. The van der Waals surface area contributed by atoms with Gasteiger partial charge in [0.15, 0.2) is 0 Å². The van der Waals surface area contributed by atoms with Crippen molar-refractivity contribution >= 4 is 34.5 Å². The van der Waals surface area contributed by atoms with Crippen molar-refractivity contribution < 1.29 is 5.11 Å². The van der Waals surface area contributed by atoms with Gasteiger partial charge in [0, 0.05) is 23.5 Å². The summed E-state index contributed by atoms with van der Waals surface area (Å²) in [6.45, 7) is 1.92. The largest absolute Gasteiger partial charge is 0.384 e. The van der Waals surface area contributed by atoms with Gasteiger partial charge in [-0.3, -0.25) is 4.98 Å². The first-order valence-electron chi connectivity index (χ1n) is 4.63. The van der Waals surface area contributed by atoms with E-state index in [1.165, 1.54) is 11.3 Å². The van der Waals surface area contributed by atoms with Crippen LogP contribution in [0.5, 0.6) is 0 Å². The van der Waals surface area contributed by atoms with Crippen LogP contribution >= 0.6 is 34.5 Å². The quantitative estimate of drug-likeness (QED) is 0.902. The van der Waals surface area contributed by atoms with Gasteiger partial charge < -0.3 is 5.11 Å². The molecule has 2 aromatic heterocycles. The smallest absolute Gasteiger partial charge is 0.108 e. The lowest BCUT2D eigenvalue weighted by Gasteiger charge is -2.12. The summed E-state index contributed by atoms with van der Waals surface area (Å²) in [6, 6.07) is 3.53. The van der Waals surface area contributed by atoms with Crippen LogP contribution in [0.3, 0.4) is 0 Å². The van der Waals surface area contributed by atoms with E-state index in [-0.39, 0.29) is 0 Å². The predicted octanol–water partition coefficient (Wildman–Crippen LogP) is 3.84. The maximum absolute atomic E-state index is 10.2. The highest BCUT2D eigenvalue weighted by atomic mass is 35.5. The van der Waals surface area contributed by atoms with Crippen molar-refractivity contribution in [3.05, 3.63) is 49.9 Å². The van der Waals surface area contributed by atoms with Gasteiger partial charge in [0.1, 0.15) is 10.4 Å². The Bertz CT molecular complexity index is 512. The third-order valence-electron chi connectivity index (χ3n) is 2.35. The fourth-order valence-electron chi connectivity index (χ4n) is 1.47. The van der Waals surface area contributed by atoms with Crippen LogP contribution in [0.1, 0.15) is 22.8 Å². The molecule has 0 spiro atoms. The van der Waals surface area contributed by atoms with Crippen LogP contribution < -0.4 is 0 Å². The van der Waals surface area contributed by atoms with E-state index in [0.717, 1.165) is 11.1 Å². The minimum Gasteiger partial charge on any atom is -0.384 e. The molecule has 0 fully saturated rings. The number of rotatable bonds is 2. The molecule has 0 aromatic carbocycles. The third-order valence-corrected chi connectivity index (χ3v) is 3.87. The predicted molar refractivity (Wildman–Crippen MR) is 67.4 cm³/mol. The maximum Gasteiger partial charge on any atom is 0.108 e. The van der Waals surface area contributed by atoms with E-state index in [0.29, 0.717) is 14.2 Å². The minimum absolute atomic E-state index is 0.515. The van der Waals surface area contributed by atoms with Crippen molar-refractivity contribution in [1.82, 2.24) is 4.98 Å². The molecule has 5 heteroatoms. The topological polar surface area (TPSA) is 33.1 Å². The minimum atomic E-state index is -0.773. The second-order valence-corrected chi connectivity index (χ2v) is 5.70. The highest BCUT2D eigenvalue weighted by Gasteiger charge is 2.18. The molecule has 2 heterocycles. The zero-order chi connectivity index (χ0) is 11.7. The van der Waals surface area contributed by atoms with E-state index in [2.05, 4.69) is 4.98 Å². The van der Waals surface area contributed by atoms with E-state index in [9.17, 15) is 5.11 Å². The van der Waals surface area contributed by atoms with Crippen LogP contribution in [0.4, 0.5) is 0 Å². The van der Waals surface area contributed by atoms with Crippen molar-refractivity contribution in [2.24, 2.45) is 0 Å². The molecule has 1 unspecified atom stereocenters. The summed E-state index contributed by atoms with van der Waals surface area (Å²) in [7, 11) is 0. The van der Waals surface area contributed by atoms with Gasteiger partial charge in [-0.2, -0.15) is 0 Å². The number of halogens is 2. The fourth-order valence-corrected chi connectivity index (χ4v) is 2.99. The average molecular weight is 274 g/mol. The van der Waals surface area contributed by atoms with Gasteiger partial charge in [-0.25, -0.2) is 0 Å². The van der Waals surface area contributed by atoms with Gasteiger partial charge in [-0.1, -0.05) is 23.2 Å². The Labute approximate surface area is 107 Å². The number of pyridine rings is 1. The van der Waals surface area contributed by atoms with Crippen LogP contribution in [0.15, 0.2) is 24.5 Å². The molecule has 0 bridgehead atoms. The van der Waals surface area contributed by atoms with E-state index < -0.39 is 6.10 Å². The van der Waals surface area contributed by atoms with E-state index in [1.807, 2.05) is 13.0 Å². The zero-order valence-electron chi connectivity index (χ0n) is 8.45. The number of aromatic nitrogens is 1. The van der Waals surface area contributed by atoms with Gasteiger partial charge in [0.05, 0.1) is 4.34 Å². The Balaban J connectivity index is 2.43. The molecular formula is C11H9Cl2NOS. The molecule has 0 aliphatic heterocycles.